The van der Waals surface area contributed by atoms with Gasteiger partial charge in [0.05, 0.1) is 17.2 Å². The fourth-order valence-electron chi connectivity index (χ4n) is 2.51. The van der Waals surface area contributed by atoms with Gasteiger partial charge in [0.1, 0.15) is 17.5 Å². The van der Waals surface area contributed by atoms with Crippen LogP contribution in [0.25, 0.3) is 0 Å². The normalized spacial score (nSPS) is 11.8. The van der Waals surface area contributed by atoms with Crippen molar-refractivity contribution >= 4 is 23.5 Å². The molecule has 1 amide bonds. The largest absolute Gasteiger partial charge is 0.493 e. The summed E-state index contributed by atoms with van der Waals surface area (Å²) in [6, 6.07) is 11.2. The molecular formula is C21H24ClNO4. The van der Waals surface area contributed by atoms with E-state index < -0.39 is 17.9 Å². The van der Waals surface area contributed by atoms with E-state index in [-0.39, 0.29) is 11.7 Å². The number of nitrogens with one attached hydrogen (secondary N) is 1. The Morgan fingerprint density at radius 2 is 1.81 bits per heavy atom. The highest BCUT2D eigenvalue weighted by Crippen LogP contribution is 2.26. The van der Waals surface area contributed by atoms with Crippen LogP contribution in [0.5, 0.6) is 11.5 Å². The van der Waals surface area contributed by atoms with Crippen LogP contribution in [0, 0.1) is 12.8 Å². The van der Waals surface area contributed by atoms with Gasteiger partial charge in [-0.05, 0) is 49.6 Å². The Labute approximate surface area is 164 Å². The van der Waals surface area contributed by atoms with Crippen LogP contribution in [0.4, 0.5) is 0 Å². The van der Waals surface area contributed by atoms with Crippen LogP contribution < -0.4 is 14.8 Å². The first-order valence-corrected chi connectivity index (χ1v) is 9.21. The second-order valence-electron chi connectivity index (χ2n) is 6.48. The molecule has 144 valence electrons. The number of amides is 1. The lowest BCUT2D eigenvalue weighted by Gasteiger charge is -2.21. The van der Waals surface area contributed by atoms with Gasteiger partial charge in [0.25, 0.3) is 5.91 Å². The zero-order chi connectivity index (χ0) is 20.0. The molecule has 27 heavy (non-hydrogen) atoms. The van der Waals surface area contributed by atoms with Crippen LogP contribution in [0.15, 0.2) is 42.5 Å². The predicted molar refractivity (Wildman–Crippen MR) is 106 cm³/mol. The first-order valence-electron chi connectivity index (χ1n) is 8.84. The number of rotatable bonds is 7. The maximum absolute atomic E-state index is 12.7. The van der Waals surface area contributed by atoms with E-state index in [1.165, 1.54) is 0 Å². The Kier molecular flexibility index (Phi) is 7.25. The number of ether oxygens (including phenoxy) is 2. The smallest absolute Gasteiger partial charge is 0.334 e. The van der Waals surface area contributed by atoms with Crippen molar-refractivity contribution < 1.29 is 19.1 Å². The molecule has 2 aromatic rings. The summed E-state index contributed by atoms with van der Waals surface area (Å²) in [5.74, 6) is -0.402. The van der Waals surface area contributed by atoms with E-state index in [4.69, 9.17) is 21.1 Å². The predicted octanol–water partition coefficient (Wildman–Crippen LogP) is 4.41. The minimum Gasteiger partial charge on any atom is -0.493 e. The van der Waals surface area contributed by atoms with E-state index in [2.05, 4.69) is 5.32 Å². The third kappa shape index (κ3) is 5.47. The Bertz CT molecular complexity index is 820. The third-order valence-electron chi connectivity index (χ3n) is 3.94. The average Bonchev–Trinajstić information content (AvgIpc) is 2.63. The molecule has 0 aliphatic carbocycles. The molecule has 0 bridgehead atoms. The number of halogens is 1. The van der Waals surface area contributed by atoms with Crippen molar-refractivity contribution in [2.45, 2.75) is 33.7 Å². The lowest BCUT2D eigenvalue weighted by molar-refractivity contribution is -0.137. The lowest BCUT2D eigenvalue weighted by atomic mass is 10.0. The van der Waals surface area contributed by atoms with Crippen LogP contribution in [0.2, 0.25) is 5.02 Å². The summed E-state index contributed by atoms with van der Waals surface area (Å²) in [5.41, 5.74) is 1.28. The van der Waals surface area contributed by atoms with Gasteiger partial charge in [0.15, 0.2) is 0 Å². The molecule has 0 saturated heterocycles. The monoisotopic (exact) mass is 389 g/mol. The maximum atomic E-state index is 12.7. The fraction of sp³-hybridized carbons (Fsp3) is 0.333. The zero-order valence-electron chi connectivity index (χ0n) is 15.9. The standard InChI is InChI=1S/C21H24ClNO4/c1-5-26-17-9-7-6-8-15(17)20(24)23-19(13(2)3)21(25)27-18-12-14(4)10-11-16(18)22/h6-13,19H,5H2,1-4H3,(H,23,24)/t19-/m0/s1. The first kappa shape index (κ1) is 20.8. The summed E-state index contributed by atoms with van der Waals surface area (Å²) in [7, 11) is 0. The molecule has 5 nitrogen and oxygen atoms in total. The molecule has 0 fully saturated rings. The van der Waals surface area contributed by atoms with Crippen molar-refractivity contribution in [2.75, 3.05) is 6.61 Å². The van der Waals surface area contributed by atoms with Crippen LogP contribution >= 0.6 is 11.6 Å². The molecule has 0 aliphatic heterocycles. The molecule has 2 rings (SSSR count). The van der Waals surface area contributed by atoms with E-state index in [0.29, 0.717) is 22.9 Å². The van der Waals surface area contributed by atoms with Gasteiger partial charge >= 0.3 is 5.97 Å². The highest BCUT2D eigenvalue weighted by atomic mass is 35.5. The zero-order valence-corrected chi connectivity index (χ0v) is 16.7. The Balaban J connectivity index is 2.19. The first-order chi connectivity index (χ1) is 12.8. The number of hydrogen-bond acceptors (Lipinski definition) is 4. The number of hydrogen-bond donors (Lipinski definition) is 1. The van der Waals surface area contributed by atoms with E-state index in [0.717, 1.165) is 5.56 Å². The molecule has 0 aliphatic rings. The van der Waals surface area contributed by atoms with Crippen molar-refractivity contribution in [3.8, 4) is 11.5 Å². The van der Waals surface area contributed by atoms with Gasteiger partial charge in [-0.1, -0.05) is 43.6 Å². The molecule has 0 unspecified atom stereocenters. The quantitative estimate of drug-likeness (QED) is 0.562. The number of para-hydroxylation sites is 1. The molecular weight excluding hydrogens is 366 g/mol. The maximum Gasteiger partial charge on any atom is 0.334 e. The lowest BCUT2D eigenvalue weighted by Crippen LogP contribution is -2.46. The minimum absolute atomic E-state index is 0.177. The molecule has 0 radical (unpaired) electrons. The SMILES string of the molecule is CCOc1ccccc1C(=O)N[C@H](C(=O)Oc1cc(C)ccc1Cl)C(C)C. The molecule has 1 atom stereocenters. The topological polar surface area (TPSA) is 64.6 Å². The Hall–Kier alpha value is -2.53. The van der Waals surface area contributed by atoms with Gasteiger partial charge in [-0.2, -0.15) is 0 Å². The summed E-state index contributed by atoms with van der Waals surface area (Å²) < 4.78 is 10.9. The van der Waals surface area contributed by atoms with E-state index in [9.17, 15) is 9.59 Å². The number of aryl methyl sites for hydroxylation is 1. The summed E-state index contributed by atoms with van der Waals surface area (Å²) in [5, 5.41) is 3.09. The highest BCUT2D eigenvalue weighted by molar-refractivity contribution is 6.32. The number of carbonyl (C=O) groups excluding carboxylic acids is 2. The van der Waals surface area contributed by atoms with Gasteiger partial charge in [-0.25, -0.2) is 4.79 Å². The summed E-state index contributed by atoms with van der Waals surface area (Å²) in [6.07, 6.45) is 0. The van der Waals surface area contributed by atoms with Crippen molar-refractivity contribution in [3.05, 3.63) is 58.6 Å². The molecule has 0 aromatic heterocycles. The second kappa shape index (κ2) is 9.42. The third-order valence-corrected chi connectivity index (χ3v) is 4.25. The van der Waals surface area contributed by atoms with Crippen LogP contribution in [0.1, 0.15) is 36.7 Å². The average molecular weight is 390 g/mol. The molecule has 6 heteroatoms. The van der Waals surface area contributed by atoms with Crippen molar-refractivity contribution in [1.29, 1.82) is 0 Å². The number of benzene rings is 2. The van der Waals surface area contributed by atoms with Gasteiger partial charge < -0.3 is 14.8 Å². The Morgan fingerprint density at radius 1 is 1.11 bits per heavy atom. The summed E-state index contributed by atoms with van der Waals surface area (Å²) >= 11 is 6.10. The van der Waals surface area contributed by atoms with E-state index >= 15 is 0 Å². The van der Waals surface area contributed by atoms with Crippen LogP contribution in [-0.2, 0) is 4.79 Å². The van der Waals surface area contributed by atoms with Crippen LogP contribution in [0.3, 0.4) is 0 Å². The van der Waals surface area contributed by atoms with E-state index in [1.54, 1.807) is 36.4 Å². The van der Waals surface area contributed by atoms with Gasteiger partial charge in [0.2, 0.25) is 0 Å². The van der Waals surface area contributed by atoms with Gasteiger partial charge in [-0.3, -0.25) is 4.79 Å². The molecule has 0 saturated carbocycles. The minimum atomic E-state index is -0.830. The van der Waals surface area contributed by atoms with Gasteiger partial charge in [0, 0.05) is 0 Å². The van der Waals surface area contributed by atoms with Crippen molar-refractivity contribution in [2.24, 2.45) is 5.92 Å². The Morgan fingerprint density at radius 3 is 2.48 bits per heavy atom. The molecule has 2 aromatic carbocycles. The second-order valence-corrected chi connectivity index (χ2v) is 6.89. The fourth-order valence-corrected chi connectivity index (χ4v) is 2.67. The summed E-state index contributed by atoms with van der Waals surface area (Å²) in [6.45, 7) is 7.82. The highest BCUT2D eigenvalue weighted by Gasteiger charge is 2.28. The number of esters is 1. The molecule has 1 N–H and O–H groups in total. The van der Waals surface area contributed by atoms with Crippen LogP contribution in [-0.4, -0.2) is 24.5 Å². The van der Waals surface area contributed by atoms with Crippen molar-refractivity contribution in [3.63, 3.8) is 0 Å². The molecule has 0 heterocycles. The summed E-state index contributed by atoms with van der Waals surface area (Å²) in [4.78, 5) is 25.4. The molecule has 0 spiro atoms. The van der Waals surface area contributed by atoms with E-state index in [1.807, 2.05) is 33.8 Å². The number of carbonyl (C=O) groups is 2. The van der Waals surface area contributed by atoms with Crippen molar-refractivity contribution in [1.82, 2.24) is 5.32 Å². The van der Waals surface area contributed by atoms with Gasteiger partial charge in [-0.15, -0.1) is 0 Å².